The molecule has 0 radical (unpaired) electrons. The Bertz CT molecular complexity index is 535. The van der Waals surface area contributed by atoms with Crippen LogP contribution in [0.25, 0.3) is 0 Å². The predicted molar refractivity (Wildman–Crippen MR) is 125 cm³/mol. The first-order valence-electron chi connectivity index (χ1n) is 10.1. The van der Waals surface area contributed by atoms with Gasteiger partial charge in [0, 0.05) is 39.3 Å². The number of rotatable bonds is 9. The molecule has 0 aromatic heterocycles. The Hall–Kier alpha value is -0.860. The molecule has 0 spiro atoms. The maximum atomic E-state index is 5.44. The molecule has 2 rings (SSSR count). The van der Waals surface area contributed by atoms with Gasteiger partial charge in [-0.2, -0.15) is 0 Å². The van der Waals surface area contributed by atoms with Gasteiger partial charge in [-0.3, -0.25) is 9.89 Å². The molecule has 1 unspecified atom stereocenters. The van der Waals surface area contributed by atoms with Crippen molar-refractivity contribution < 1.29 is 4.74 Å². The Balaban J connectivity index is 0.00000364. The van der Waals surface area contributed by atoms with Crippen molar-refractivity contribution in [1.29, 1.82) is 0 Å². The largest absolute Gasteiger partial charge is 0.377 e. The fourth-order valence-electron chi connectivity index (χ4n) is 3.51. The number of guanidine groups is 1. The Labute approximate surface area is 182 Å². The van der Waals surface area contributed by atoms with E-state index in [1.54, 1.807) is 0 Å². The molecule has 1 heterocycles. The van der Waals surface area contributed by atoms with E-state index in [0.29, 0.717) is 6.61 Å². The first kappa shape index (κ1) is 24.2. The van der Waals surface area contributed by atoms with E-state index in [1.165, 1.54) is 43.4 Å². The highest BCUT2D eigenvalue weighted by Crippen LogP contribution is 2.18. The summed E-state index contributed by atoms with van der Waals surface area (Å²) < 4.78 is 5.44. The van der Waals surface area contributed by atoms with Gasteiger partial charge in [-0.05, 0) is 43.9 Å². The Kier molecular flexibility index (Phi) is 12.7. The minimum Gasteiger partial charge on any atom is -0.377 e. The van der Waals surface area contributed by atoms with Crippen molar-refractivity contribution in [2.45, 2.75) is 58.7 Å². The average molecular weight is 488 g/mol. The van der Waals surface area contributed by atoms with Crippen LogP contribution in [0, 0.1) is 0 Å². The smallest absolute Gasteiger partial charge is 0.191 e. The van der Waals surface area contributed by atoms with Gasteiger partial charge in [-0.1, -0.05) is 37.6 Å². The maximum Gasteiger partial charge on any atom is 0.191 e. The molecule has 1 fully saturated rings. The lowest BCUT2D eigenvalue weighted by molar-refractivity contribution is 0.134. The number of ether oxygens (including phenoxy) is 1. The average Bonchev–Trinajstić information content (AvgIpc) is 2.70. The third kappa shape index (κ3) is 8.79. The van der Waals surface area contributed by atoms with Gasteiger partial charge in [-0.15, -0.1) is 24.0 Å². The normalized spacial score (nSPS) is 18.0. The highest BCUT2D eigenvalue weighted by atomic mass is 127. The number of nitrogens with zero attached hydrogens (tertiary/aromatic N) is 2. The molecule has 1 aromatic rings. The van der Waals surface area contributed by atoms with E-state index in [2.05, 4.69) is 51.7 Å². The third-order valence-corrected chi connectivity index (χ3v) is 5.09. The minimum atomic E-state index is 0. The highest BCUT2D eigenvalue weighted by molar-refractivity contribution is 14.0. The summed E-state index contributed by atoms with van der Waals surface area (Å²) in [5.41, 5.74) is 2.46. The fourth-order valence-corrected chi connectivity index (χ4v) is 3.51. The summed E-state index contributed by atoms with van der Waals surface area (Å²) >= 11 is 0. The number of hydrogen-bond acceptors (Lipinski definition) is 3. The Morgan fingerprint density at radius 2 is 1.89 bits per heavy atom. The number of halogens is 1. The molecule has 1 atom stereocenters. The SMILES string of the molecule is CCOCc1ccc(CNC(=NC)NCCN2CCCCC2CC)cc1.I. The topological polar surface area (TPSA) is 48.9 Å². The van der Waals surface area contributed by atoms with Gasteiger partial charge in [0.15, 0.2) is 5.96 Å². The molecule has 0 bridgehead atoms. The molecule has 0 amide bonds. The molecule has 1 aliphatic heterocycles. The molecular formula is C21H37IN4O. The van der Waals surface area contributed by atoms with Gasteiger partial charge < -0.3 is 15.4 Å². The third-order valence-electron chi connectivity index (χ3n) is 5.09. The van der Waals surface area contributed by atoms with E-state index < -0.39 is 0 Å². The van der Waals surface area contributed by atoms with Crippen LogP contribution in [-0.2, 0) is 17.9 Å². The first-order chi connectivity index (χ1) is 12.8. The van der Waals surface area contributed by atoms with Crippen LogP contribution in [0.15, 0.2) is 29.3 Å². The Morgan fingerprint density at radius 3 is 2.56 bits per heavy atom. The van der Waals surface area contributed by atoms with Gasteiger partial charge in [0.05, 0.1) is 6.61 Å². The second-order valence-electron chi connectivity index (χ2n) is 6.90. The van der Waals surface area contributed by atoms with Gasteiger partial charge in [0.1, 0.15) is 0 Å². The molecule has 0 aliphatic carbocycles. The van der Waals surface area contributed by atoms with Crippen LogP contribution in [0.3, 0.4) is 0 Å². The number of benzene rings is 1. The van der Waals surface area contributed by atoms with Crippen LogP contribution in [0.2, 0.25) is 0 Å². The van der Waals surface area contributed by atoms with Crippen LogP contribution < -0.4 is 10.6 Å². The molecule has 5 nitrogen and oxygen atoms in total. The number of aliphatic imine (C=N–C) groups is 1. The summed E-state index contributed by atoms with van der Waals surface area (Å²) in [5, 5.41) is 6.85. The molecule has 0 saturated carbocycles. The van der Waals surface area contributed by atoms with Crippen LogP contribution in [0.4, 0.5) is 0 Å². The van der Waals surface area contributed by atoms with Crippen molar-refractivity contribution in [2.24, 2.45) is 4.99 Å². The number of likely N-dealkylation sites (tertiary alicyclic amines) is 1. The van der Waals surface area contributed by atoms with Crippen LogP contribution in [0.5, 0.6) is 0 Å². The zero-order valence-corrected chi connectivity index (χ0v) is 19.5. The van der Waals surface area contributed by atoms with Crippen molar-refractivity contribution >= 4 is 29.9 Å². The Morgan fingerprint density at radius 1 is 1.15 bits per heavy atom. The maximum absolute atomic E-state index is 5.44. The second kappa shape index (κ2) is 14.2. The number of hydrogen-bond donors (Lipinski definition) is 2. The lowest BCUT2D eigenvalue weighted by Gasteiger charge is -2.35. The van der Waals surface area contributed by atoms with E-state index in [1.807, 2.05) is 14.0 Å². The van der Waals surface area contributed by atoms with Crippen molar-refractivity contribution in [2.75, 3.05) is 33.3 Å². The van der Waals surface area contributed by atoms with E-state index >= 15 is 0 Å². The van der Waals surface area contributed by atoms with E-state index in [0.717, 1.165) is 38.2 Å². The van der Waals surface area contributed by atoms with Crippen LogP contribution in [-0.4, -0.2) is 50.2 Å². The fraction of sp³-hybridized carbons (Fsp3) is 0.667. The molecule has 1 saturated heterocycles. The van der Waals surface area contributed by atoms with E-state index in [-0.39, 0.29) is 24.0 Å². The lowest BCUT2D eigenvalue weighted by Crippen LogP contribution is -2.45. The predicted octanol–water partition coefficient (Wildman–Crippen LogP) is 3.77. The van der Waals surface area contributed by atoms with Gasteiger partial charge in [-0.25, -0.2) is 0 Å². The van der Waals surface area contributed by atoms with E-state index in [9.17, 15) is 0 Å². The number of nitrogens with one attached hydrogen (secondary N) is 2. The molecule has 1 aliphatic rings. The first-order valence-corrected chi connectivity index (χ1v) is 10.1. The lowest BCUT2D eigenvalue weighted by atomic mass is 10.0. The molecule has 1 aromatic carbocycles. The minimum absolute atomic E-state index is 0. The molecule has 2 N–H and O–H groups in total. The molecule has 154 valence electrons. The van der Waals surface area contributed by atoms with Crippen molar-refractivity contribution in [3.63, 3.8) is 0 Å². The monoisotopic (exact) mass is 488 g/mol. The zero-order valence-electron chi connectivity index (χ0n) is 17.2. The summed E-state index contributed by atoms with van der Waals surface area (Å²) in [7, 11) is 1.83. The van der Waals surface area contributed by atoms with Gasteiger partial charge in [0.2, 0.25) is 0 Å². The van der Waals surface area contributed by atoms with Gasteiger partial charge in [0.25, 0.3) is 0 Å². The summed E-state index contributed by atoms with van der Waals surface area (Å²) in [5.74, 6) is 0.869. The summed E-state index contributed by atoms with van der Waals surface area (Å²) in [6, 6.07) is 9.31. The highest BCUT2D eigenvalue weighted by Gasteiger charge is 2.19. The van der Waals surface area contributed by atoms with Crippen molar-refractivity contribution in [1.82, 2.24) is 15.5 Å². The zero-order chi connectivity index (χ0) is 18.6. The number of piperidine rings is 1. The van der Waals surface area contributed by atoms with Crippen LogP contribution in [0.1, 0.15) is 50.7 Å². The van der Waals surface area contributed by atoms with E-state index in [4.69, 9.17) is 4.74 Å². The standard InChI is InChI=1S/C21H36N4O.HI/c1-4-20-8-6-7-14-25(20)15-13-23-21(22-3)24-16-18-9-11-19(12-10-18)17-26-5-2;/h9-12,20H,4-8,13-17H2,1-3H3,(H2,22,23,24);1H. The quantitative estimate of drug-likeness (QED) is 0.316. The summed E-state index contributed by atoms with van der Waals surface area (Å²) in [6.45, 7) is 9.79. The van der Waals surface area contributed by atoms with Crippen LogP contribution >= 0.6 is 24.0 Å². The molecule has 27 heavy (non-hydrogen) atoms. The van der Waals surface area contributed by atoms with Crippen molar-refractivity contribution in [3.05, 3.63) is 35.4 Å². The van der Waals surface area contributed by atoms with Crippen molar-refractivity contribution in [3.8, 4) is 0 Å². The second-order valence-corrected chi connectivity index (χ2v) is 6.90. The molecular weight excluding hydrogens is 451 g/mol. The summed E-state index contributed by atoms with van der Waals surface area (Å²) in [4.78, 5) is 6.96. The molecule has 6 heteroatoms. The summed E-state index contributed by atoms with van der Waals surface area (Å²) in [6.07, 6.45) is 5.33. The van der Waals surface area contributed by atoms with Gasteiger partial charge >= 0.3 is 0 Å².